The fraction of sp³-hybridized carbons (Fsp3) is 0.273. The molecule has 3 aromatic rings. The number of primary amides is 1. The Hall–Kier alpha value is -3.33. The number of thioether (sulfide) groups is 1. The maximum absolute atomic E-state index is 12.4. The van der Waals surface area contributed by atoms with E-state index in [-0.39, 0.29) is 23.8 Å². The minimum Gasteiger partial charge on any atom is -0.485 e. The molecule has 0 saturated carbocycles. The second kappa shape index (κ2) is 10.1. The van der Waals surface area contributed by atoms with E-state index in [1.165, 1.54) is 11.8 Å². The van der Waals surface area contributed by atoms with Crippen molar-refractivity contribution in [3.8, 4) is 5.75 Å². The highest BCUT2D eigenvalue weighted by molar-refractivity contribution is 7.99. The molecule has 3 N–H and O–H groups in total. The van der Waals surface area contributed by atoms with Gasteiger partial charge in [-0.25, -0.2) is 0 Å². The lowest BCUT2D eigenvalue weighted by Crippen LogP contribution is -2.19. The Morgan fingerprint density at radius 1 is 1.16 bits per heavy atom. The van der Waals surface area contributed by atoms with Crippen molar-refractivity contribution in [3.05, 3.63) is 65.0 Å². The first kappa shape index (κ1) is 22.4. The van der Waals surface area contributed by atoms with Crippen molar-refractivity contribution in [1.29, 1.82) is 0 Å². The zero-order valence-corrected chi connectivity index (χ0v) is 18.5. The Kier molecular flexibility index (Phi) is 7.30. The maximum atomic E-state index is 12.4. The lowest BCUT2D eigenvalue weighted by molar-refractivity contribution is -0.113. The molecule has 0 fully saturated rings. The number of nitrogens with two attached hydrogens (primary N) is 1. The van der Waals surface area contributed by atoms with E-state index in [4.69, 9.17) is 10.5 Å². The molecule has 1 aromatic heterocycles. The van der Waals surface area contributed by atoms with Gasteiger partial charge in [0.15, 0.2) is 11.0 Å². The van der Waals surface area contributed by atoms with Gasteiger partial charge in [0, 0.05) is 6.54 Å². The van der Waals surface area contributed by atoms with E-state index in [1.807, 2.05) is 43.5 Å². The number of nitrogens with zero attached hydrogens (tertiary/aromatic N) is 3. The van der Waals surface area contributed by atoms with Crippen molar-refractivity contribution in [2.75, 3.05) is 11.1 Å². The largest absolute Gasteiger partial charge is 0.485 e. The van der Waals surface area contributed by atoms with E-state index in [2.05, 4.69) is 15.5 Å². The SMILES string of the molecule is CCn1c(COc2cc(C)ccc2C)nnc1SCC(=O)Nc1ccccc1C(N)=O. The molecule has 2 amide bonds. The Morgan fingerprint density at radius 2 is 1.94 bits per heavy atom. The highest BCUT2D eigenvalue weighted by Crippen LogP contribution is 2.22. The van der Waals surface area contributed by atoms with Crippen LogP contribution in [0.25, 0.3) is 0 Å². The summed E-state index contributed by atoms with van der Waals surface area (Å²) in [7, 11) is 0. The van der Waals surface area contributed by atoms with Gasteiger partial charge in [-0.15, -0.1) is 10.2 Å². The van der Waals surface area contributed by atoms with Gasteiger partial charge < -0.3 is 20.4 Å². The van der Waals surface area contributed by atoms with Gasteiger partial charge in [-0.1, -0.05) is 36.0 Å². The number of nitrogens with one attached hydrogen (secondary N) is 1. The second-order valence-electron chi connectivity index (χ2n) is 6.95. The van der Waals surface area contributed by atoms with Gasteiger partial charge in [0.2, 0.25) is 5.91 Å². The summed E-state index contributed by atoms with van der Waals surface area (Å²) < 4.78 is 7.86. The lowest BCUT2D eigenvalue weighted by atomic mass is 10.1. The summed E-state index contributed by atoms with van der Waals surface area (Å²) in [5.74, 6) is 0.751. The number of aromatic nitrogens is 3. The monoisotopic (exact) mass is 439 g/mol. The third-order valence-electron chi connectivity index (χ3n) is 4.61. The van der Waals surface area contributed by atoms with E-state index in [0.717, 1.165) is 16.9 Å². The number of amides is 2. The highest BCUT2D eigenvalue weighted by atomic mass is 32.2. The average molecular weight is 440 g/mol. The van der Waals surface area contributed by atoms with E-state index < -0.39 is 5.91 Å². The molecule has 162 valence electrons. The van der Waals surface area contributed by atoms with Crippen LogP contribution in [-0.2, 0) is 17.9 Å². The number of hydrogen-bond donors (Lipinski definition) is 2. The second-order valence-corrected chi connectivity index (χ2v) is 7.89. The predicted octanol–water partition coefficient (Wildman–Crippen LogP) is 3.32. The molecule has 3 rings (SSSR count). The first-order valence-corrected chi connectivity index (χ1v) is 10.8. The first-order chi connectivity index (χ1) is 14.9. The number of rotatable bonds is 9. The smallest absolute Gasteiger partial charge is 0.250 e. The topological polar surface area (TPSA) is 112 Å². The van der Waals surface area contributed by atoms with Gasteiger partial charge in [-0.05, 0) is 50.1 Å². The van der Waals surface area contributed by atoms with E-state index in [1.54, 1.807) is 24.3 Å². The number of aryl methyl sites for hydroxylation is 2. The minimum atomic E-state index is -0.595. The fourth-order valence-corrected chi connectivity index (χ4v) is 3.80. The molecule has 0 unspecified atom stereocenters. The van der Waals surface area contributed by atoms with E-state index in [0.29, 0.717) is 23.2 Å². The molecular formula is C22H25N5O3S. The average Bonchev–Trinajstić information content (AvgIpc) is 3.15. The first-order valence-electron chi connectivity index (χ1n) is 9.82. The molecule has 2 aromatic carbocycles. The molecule has 0 saturated heterocycles. The molecule has 0 aliphatic carbocycles. The molecule has 0 aliphatic rings. The standard InChI is InChI=1S/C22H25N5O3S/c1-4-27-19(12-30-18-11-14(2)9-10-15(18)3)25-26-22(27)31-13-20(28)24-17-8-6-5-7-16(17)21(23)29/h5-11H,4,12-13H2,1-3H3,(H2,23,29)(H,24,28). The molecular weight excluding hydrogens is 414 g/mol. The van der Waals surface area contributed by atoms with E-state index >= 15 is 0 Å². The van der Waals surface area contributed by atoms with Crippen LogP contribution in [0.2, 0.25) is 0 Å². The van der Waals surface area contributed by atoms with Gasteiger partial charge in [-0.2, -0.15) is 0 Å². The molecule has 0 atom stereocenters. The number of para-hydroxylation sites is 1. The van der Waals surface area contributed by atoms with Crippen LogP contribution in [0.3, 0.4) is 0 Å². The Morgan fingerprint density at radius 3 is 2.68 bits per heavy atom. The van der Waals surface area contributed by atoms with Gasteiger partial charge in [-0.3, -0.25) is 9.59 Å². The number of hydrogen-bond acceptors (Lipinski definition) is 6. The minimum absolute atomic E-state index is 0.114. The molecule has 9 heteroatoms. The van der Waals surface area contributed by atoms with Crippen LogP contribution in [0.4, 0.5) is 5.69 Å². The van der Waals surface area contributed by atoms with Crippen molar-refractivity contribution in [2.24, 2.45) is 5.73 Å². The van der Waals surface area contributed by atoms with Crippen LogP contribution in [0.1, 0.15) is 34.2 Å². The molecule has 0 aliphatic heterocycles. The molecule has 8 nitrogen and oxygen atoms in total. The quantitative estimate of drug-likeness (QED) is 0.495. The van der Waals surface area contributed by atoms with E-state index in [9.17, 15) is 9.59 Å². The Balaban J connectivity index is 1.62. The van der Waals surface area contributed by atoms with Crippen molar-refractivity contribution in [1.82, 2.24) is 14.8 Å². The van der Waals surface area contributed by atoms with Crippen molar-refractivity contribution in [2.45, 2.75) is 39.1 Å². The van der Waals surface area contributed by atoms with Gasteiger partial charge in [0.1, 0.15) is 12.4 Å². The summed E-state index contributed by atoms with van der Waals surface area (Å²) in [5, 5.41) is 11.8. The van der Waals surface area contributed by atoms with Gasteiger partial charge in [0.05, 0.1) is 17.0 Å². The number of anilines is 1. The fourth-order valence-electron chi connectivity index (χ4n) is 2.98. The van der Waals surface area contributed by atoms with Crippen molar-refractivity contribution >= 4 is 29.3 Å². The zero-order valence-electron chi connectivity index (χ0n) is 17.7. The third kappa shape index (κ3) is 5.64. The van der Waals surface area contributed by atoms with Gasteiger partial charge >= 0.3 is 0 Å². The number of carbonyl (C=O) groups excluding carboxylic acids is 2. The van der Waals surface area contributed by atoms with Crippen LogP contribution in [0.15, 0.2) is 47.6 Å². The summed E-state index contributed by atoms with van der Waals surface area (Å²) in [6.07, 6.45) is 0. The molecule has 0 radical (unpaired) electrons. The molecule has 0 spiro atoms. The summed E-state index contributed by atoms with van der Waals surface area (Å²) in [5.41, 5.74) is 8.19. The third-order valence-corrected chi connectivity index (χ3v) is 5.58. The van der Waals surface area contributed by atoms with Crippen LogP contribution in [0.5, 0.6) is 5.75 Å². The number of benzene rings is 2. The van der Waals surface area contributed by atoms with Crippen LogP contribution in [-0.4, -0.2) is 32.3 Å². The zero-order chi connectivity index (χ0) is 22.4. The number of ether oxygens (including phenoxy) is 1. The highest BCUT2D eigenvalue weighted by Gasteiger charge is 2.15. The normalized spacial score (nSPS) is 10.7. The predicted molar refractivity (Wildman–Crippen MR) is 120 cm³/mol. The van der Waals surface area contributed by atoms with Crippen molar-refractivity contribution < 1.29 is 14.3 Å². The van der Waals surface area contributed by atoms with Crippen LogP contribution >= 0.6 is 11.8 Å². The maximum Gasteiger partial charge on any atom is 0.250 e. The lowest BCUT2D eigenvalue weighted by Gasteiger charge is -2.11. The molecule has 1 heterocycles. The summed E-state index contributed by atoms with van der Waals surface area (Å²) >= 11 is 1.27. The van der Waals surface area contributed by atoms with Crippen LogP contribution < -0.4 is 15.8 Å². The Bertz CT molecular complexity index is 1100. The van der Waals surface area contributed by atoms with Crippen LogP contribution in [0, 0.1) is 13.8 Å². The summed E-state index contributed by atoms with van der Waals surface area (Å²) in [6, 6.07) is 12.7. The van der Waals surface area contributed by atoms with Gasteiger partial charge in [0.25, 0.3) is 5.91 Å². The number of carbonyl (C=O) groups is 2. The summed E-state index contributed by atoms with van der Waals surface area (Å²) in [6.45, 7) is 6.92. The Labute approximate surface area is 185 Å². The molecule has 31 heavy (non-hydrogen) atoms. The molecule has 0 bridgehead atoms. The van der Waals surface area contributed by atoms with Crippen molar-refractivity contribution in [3.63, 3.8) is 0 Å². The summed E-state index contributed by atoms with van der Waals surface area (Å²) in [4.78, 5) is 23.9.